The Kier molecular flexibility index (Phi) is 19.1. The summed E-state index contributed by atoms with van der Waals surface area (Å²) in [6.07, 6.45) is -26.2. The topological polar surface area (TPSA) is 398 Å². The number of hydrogen-bond acceptors (Lipinski definition) is 24. The van der Waals surface area contributed by atoms with Gasteiger partial charge in [0.25, 0.3) is 0 Å². The van der Waals surface area contributed by atoms with Gasteiger partial charge in [0.1, 0.15) is 97.7 Å². The van der Waals surface area contributed by atoms with Crippen molar-refractivity contribution in [2.75, 3.05) is 26.4 Å². The third-order valence-corrected chi connectivity index (χ3v) is 20.8. The fourth-order valence-corrected chi connectivity index (χ4v) is 15.5. The second-order valence-corrected chi connectivity index (χ2v) is 25.9. The first-order chi connectivity index (χ1) is 36.4. The molecule has 3 saturated carbocycles. The lowest BCUT2D eigenvalue weighted by Crippen LogP contribution is -2.65. The van der Waals surface area contributed by atoms with E-state index in [-0.39, 0.29) is 34.5 Å². The maximum atomic E-state index is 12.7. The van der Waals surface area contributed by atoms with Crippen LogP contribution in [-0.2, 0) is 37.9 Å². The van der Waals surface area contributed by atoms with Gasteiger partial charge in [0.2, 0.25) is 0 Å². The van der Waals surface area contributed by atoms with Gasteiger partial charge in [-0.2, -0.15) is 0 Å². The number of aliphatic hydroxyl groups is 16. The molecule has 4 aliphatic heterocycles. The van der Waals surface area contributed by atoms with E-state index in [4.69, 9.17) is 37.9 Å². The quantitative estimate of drug-likeness (QED) is 0.0637. The SMILES string of the molecule is C[C@H](CC[C@@H](O[C@@H]1O[C@H](CO[C@@H]2O[C@H](CO)[C@@H](O)[C@H](O)[C@H]2O)[C@@H](O)[C@H](O)[C@H]1O)C(C)(C)O)[C@H]1CC[C@@]2(C)C3CC=C4[C@@H](CC[C@H](O[C@@H]5O[C@H](CO[C@@H]6O[C@H](CO)[C@@H](O)[C@H](O)[C@H]6O)[C@@H](O)[C@H](O)[C@H]5O)C4(C)C)[C@]3(C)[C@H](O)C[C@]12C. The Morgan fingerprint density at radius 2 is 1.04 bits per heavy atom. The van der Waals surface area contributed by atoms with Gasteiger partial charge in [0.05, 0.1) is 50.3 Å². The van der Waals surface area contributed by atoms with E-state index in [9.17, 15) is 81.7 Å². The summed E-state index contributed by atoms with van der Waals surface area (Å²) < 4.78 is 46.9. The van der Waals surface area contributed by atoms with E-state index < -0.39 is 184 Å². The number of allylic oxidation sites excluding steroid dienone is 1. The molecule has 1 unspecified atom stereocenters. The molecular weight excluding hydrogens is 1030 g/mol. The molecule has 8 rings (SSSR count). The van der Waals surface area contributed by atoms with Gasteiger partial charge in [0, 0.05) is 10.8 Å². The number of hydrogen-bond donors (Lipinski definition) is 16. The van der Waals surface area contributed by atoms with Gasteiger partial charge in [-0.25, -0.2) is 0 Å². The molecule has 78 heavy (non-hydrogen) atoms. The first-order valence-corrected chi connectivity index (χ1v) is 28.0. The lowest BCUT2D eigenvalue weighted by atomic mass is 9.38. The number of fused-ring (bicyclic) bond motifs is 5. The minimum atomic E-state index is -1.77. The molecule has 0 aromatic heterocycles. The molecule has 16 N–H and O–H groups in total. The highest BCUT2D eigenvalue weighted by Gasteiger charge is 2.70. The predicted molar refractivity (Wildman–Crippen MR) is 268 cm³/mol. The number of ether oxygens (including phenoxy) is 8. The predicted octanol–water partition coefficient (Wildman–Crippen LogP) is -3.23. The average Bonchev–Trinajstić information content (AvgIpc) is 2.95. The van der Waals surface area contributed by atoms with Crippen molar-refractivity contribution in [3.63, 3.8) is 0 Å². The van der Waals surface area contributed by atoms with Crippen LogP contribution in [0.2, 0.25) is 0 Å². The minimum absolute atomic E-state index is 0.0242. The smallest absolute Gasteiger partial charge is 0.187 e. The molecule has 452 valence electrons. The second-order valence-electron chi connectivity index (χ2n) is 25.9. The van der Waals surface area contributed by atoms with Crippen LogP contribution in [0, 0.1) is 45.3 Å². The van der Waals surface area contributed by atoms with Crippen LogP contribution in [0.4, 0.5) is 0 Å². The molecule has 8 aliphatic rings. The van der Waals surface area contributed by atoms with Crippen molar-refractivity contribution >= 4 is 0 Å². The molecule has 0 spiro atoms. The van der Waals surface area contributed by atoms with E-state index in [0.29, 0.717) is 38.5 Å². The van der Waals surface area contributed by atoms with Crippen molar-refractivity contribution in [1.29, 1.82) is 0 Å². The molecular formula is C54H92O24. The number of rotatable bonds is 17. The largest absolute Gasteiger partial charge is 0.394 e. The summed E-state index contributed by atoms with van der Waals surface area (Å²) in [5, 5.41) is 171. The summed E-state index contributed by atoms with van der Waals surface area (Å²) in [7, 11) is 0. The van der Waals surface area contributed by atoms with Crippen molar-refractivity contribution in [2.24, 2.45) is 45.3 Å². The molecule has 24 heteroatoms. The number of aliphatic hydroxyl groups excluding tert-OH is 15. The van der Waals surface area contributed by atoms with Crippen molar-refractivity contribution in [3.8, 4) is 0 Å². The molecule has 0 aromatic rings. The highest BCUT2D eigenvalue weighted by atomic mass is 16.7. The Balaban J connectivity index is 0.909. The lowest BCUT2D eigenvalue weighted by Gasteiger charge is -2.67. The van der Waals surface area contributed by atoms with Gasteiger partial charge in [-0.3, -0.25) is 0 Å². The summed E-state index contributed by atoms with van der Waals surface area (Å²) >= 11 is 0. The van der Waals surface area contributed by atoms with Crippen molar-refractivity contribution in [3.05, 3.63) is 11.6 Å². The van der Waals surface area contributed by atoms with Gasteiger partial charge < -0.3 is 120 Å². The Bertz CT molecular complexity index is 2030. The Morgan fingerprint density at radius 1 is 0.577 bits per heavy atom. The zero-order valence-electron chi connectivity index (χ0n) is 46.1. The van der Waals surface area contributed by atoms with Crippen LogP contribution in [0.15, 0.2) is 11.6 Å². The van der Waals surface area contributed by atoms with E-state index in [2.05, 4.69) is 47.6 Å². The fourth-order valence-electron chi connectivity index (χ4n) is 15.5. The summed E-state index contributed by atoms with van der Waals surface area (Å²) in [6, 6.07) is 0. The molecule has 0 bridgehead atoms. The summed E-state index contributed by atoms with van der Waals surface area (Å²) in [4.78, 5) is 0. The van der Waals surface area contributed by atoms with Gasteiger partial charge in [-0.1, -0.05) is 53.2 Å². The summed E-state index contributed by atoms with van der Waals surface area (Å²) in [5.41, 5.74) is -2.02. The third-order valence-electron chi connectivity index (χ3n) is 20.8. The maximum absolute atomic E-state index is 12.7. The molecule has 4 heterocycles. The van der Waals surface area contributed by atoms with E-state index in [1.165, 1.54) is 0 Å². The zero-order valence-corrected chi connectivity index (χ0v) is 46.1. The first kappa shape index (κ1) is 62.8. The molecule has 4 saturated heterocycles. The molecule has 0 amide bonds. The van der Waals surface area contributed by atoms with E-state index >= 15 is 0 Å². The van der Waals surface area contributed by atoms with Crippen molar-refractivity contribution in [2.45, 2.75) is 253 Å². The van der Waals surface area contributed by atoms with Crippen molar-refractivity contribution < 1.29 is 120 Å². The van der Waals surface area contributed by atoms with Gasteiger partial charge >= 0.3 is 0 Å². The normalized spacial score (nSPS) is 51.4. The Labute approximate surface area is 455 Å². The average molecular weight is 1130 g/mol. The van der Waals surface area contributed by atoms with Crippen LogP contribution in [0.1, 0.15) is 107 Å². The van der Waals surface area contributed by atoms with E-state index in [1.54, 1.807) is 13.8 Å². The fraction of sp³-hybridized carbons (Fsp3) is 0.963. The molecule has 24 nitrogen and oxygen atoms in total. The van der Waals surface area contributed by atoms with E-state index in [0.717, 1.165) is 18.4 Å². The Hall–Kier alpha value is -1.22. The second kappa shape index (κ2) is 23.7. The zero-order chi connectivity index (χ0) is 57.5. The molecule has 0 radical (unpaired) electrons. The van der Waals surface area contributed by atoms with Gasteiger partial charge in [0.15, 0.2) is 25.2 Å². The van der Waals surface area contributed by atoms with E-state index in [1.807, 2.05) is 0 Å². The maximum Gasteiger partial charge on any atom is 0.187 e. The third kappa shape index (κ3) is 11.1. The lowest BCUT2D eigenvalue weighted by molar-refractivity contribution is -0.341. The van der Waals surface area contributed by atoms with Crippen LogP contribution >= 0.6 is 0 Å². The minimum Gasteiger partial charge on any atom is -0.394 e. The Morgan fingerprint density at radius 3 is 1.54 bits per heavy atom. The van der Waals surface area contributed by atoms with Crippen molar-refractivity contribution in [1.82, 2.24) is 0 Å². The molecule has 7 fully saturated rings. The molecule has 4 aliphatic carbocycles. The van der Waals surface area contributed by atoms with Gasteiger partial charge in [-0.15, -0.1) is 0 Å². The first-order valence-electron chi connectivity index (χ1n) is 28.0. The van der Waals surface area contributed by atoms with Crippen LogP contribution in [-0.4, -0.2) is 255 Å². The monoisotopic (exact) mass is 1120 g/mol. The highest BCUT2D eigenvalue weighted by Crippen LogP contribution is 2.75. The van der Waals surface area contributed by atoms with Gasteiger partial charge in [-0.05, 0) is 99.7 Å². The summed E-state index contributed by atoms with van der Waals surface area (Å²) in [6.45, 7) is 13.9. The van der Waals surface area contributed by atoms with Crippen LogP contribution in [0.3, 0.4) is 0 Å². The molecule has 0 aromatic carbocycles. The van der Waals surface area contributed by atoms with Crippen LogP contribution in [0.25, 0.3) is 0 Å². The summed E-state index contributed by atoms with van der Waals surface area (Å²) in [5.74, 6) is 0.307. The van der Waals surface area contributed by atoms with Crippen LogP contribution < -0.4 is 0 Å². The highest BCUT2D eigenvalue weighted by molar-refractivity contribution is 5.32. The standard InChI is InChI=1S/C54H92O24/c1-22(9-13-33(51(4,5)70)78-49-45(69)41(65)37(61)29(76-49)21-72-47-43(67)39(63)35(59)27(19-56)74-47)23-15-16-52(6)30-12-10-24-25(54(30,8)31(57)17-53(23,52)7)11-14-32(50(24,2)3)77-48-44(68)40(64)36(60)28(75-48)20-71-46-42(66)38(62)34(58)26(18-55)73-46/h10,22-23,25-49,55-70H,9,11-21H2,1-8H3/t22-,23-,25-,26-,27-,28-,29-,30?,31-,32+,33-,34-,35-,36-,37-,38+,39+,40+,41+,42-,43-,44-,45-,46-,47-,48+,49+,52+,53-,54+/m1/s1. The van der Waals surface area contributed by atoms with Crippen LogP contribution in [0.5, 0.6) is 0 Å². The molecule has 30 atom stereocenters.